The second-order valence-electron chi connectivity index (χ2n) is 9.48. The van der Waals surface area contributed by atoms with E-state index in [2.05, 4.69) is 34.7 Å². The van der Waals surface area contributed by atoms with E-state index in [0.717, 1.165) is 43.2 Å². The molecular formula is C27H33FN4O3. The van der Waals surface area contributed by atoms with Gasteiger partial charge in [-0.15, -0.1) is 0 Å². The Morgan fingerprint density at radius 2 is 1.86 bits per heavy atom. The van der Waals surface area contributed by atoms with Crippen LogP contribution in [0.5, 0.6) is 0 Å². The summed E-state index contributed by atoms with van der Waals surface area (Å²) in [4.78, 5) is 28.6. The zero-order valence-electron chi connectivity index (χ0n) is 19.9. The molecule has 4 rings (SSSR count). The van der Waals surface area contributed by atoms with Crippen molar-refractivity contribution in [2.75, 3.05) is 26.2 Å². The lowest BCUT2D eigenvalue weighted by atomic mass is 9.71. The minimum atomic E-state index is -0.361. The molecule has 3 amide bonds. The fourth-order valence-electron chi connectivity index (χ4n) is 4.84. The molecule has 0 spiro atoms. The molecule has 1 fully saturated rings. The maximum Gasteiger partial charge on any atom is 0.314 e. The molecule has 7 nitrogen and oxygen atoms in total. The van der Waals surface area contributed by atoms with Gasteiger partial charge in [0.15, 0.2) is 0 Å². The van der Waals surface area contributed by atoms with Gasteiger partial charge in [0, 0.05) is 42.1 Å². The summed E-state index contributed by atoms with van der Waals surface area (Å²) < 4.78 is 18.3. The highest BCUT2D eigenvalue weighted by molar-refractivity contribution is 5.83. The summed E-state index contributed by atoms with van der Waals surface area (Å²) in [5, 5.41) is 4.14. The second-order valence-corrected chi connectivity index (χ2v) is 9.48. The maximum absolute atomic E-state index is 12.9. The number of unbranched alkanes of at least 4 members (excludes halogenated alkanes) is 1. The van der Waals surface area contributed by atoms with Crippen molar-refractivity contribution in [1.29, 1.82) is 0 Å². The normalized spacial score (nSPS) is 14.6. The fraction of sp³-hybridized carbons (Fsp3) is 0.407. The van der Waals surface area contributed by atoms with Crippen molar-refractivity contribution < 1.29 is 18.7 Å². The number of amides is 3. The van der Waals surface area contributed by atoms with Gasteiger partial charge in [0.25, 0.3) is 0 Å². The molecule has 1 aliphatic rings. The van der Waals surface area contributed by atoms with E-state index in [4.69, 9.17) is 10.5 Å². The number of ether oxygens (including phenoxy) is 1. The molecule has 0 bridgehead atoms. The molecule has 35 heavy (non-hydrogen) atoms. The van der Waals surface area contributed by atoms with Crippen LogP contribution in [0, 0.1) is 11.2 Å². The van der Waals surface area contributed by atoms with E-state index in [1.54, 1.807) is 17.0 Å². The van der Waals surface area contributed by atoms with Crippen LogP contribution in [0.15, 0.2) is 54.7 Å². The summed E-state index contributed by atoms with van der Waals surface area (Å²) in [7, 11) is 0. The summed E-state index contributed by atoms with van der Waals surface area (Å²) in [5.74, 6) is -0.458. The van der Waals surface area contributed by atoms with Crippen LogP contribution in [-0.4, -0.2) is 48.1 Å². The van der Waals surface area contributed by atoms with Gasteiger partial charge in [-0.1, -0.05) is 36.8 Å². The molecule has 8 heteroatoms. The number of hydrogen-bond donors (Lipinski definition) is 3. The van der Waals surface area contributed by atoms with Crippen LogP contribution in [-0.2, 0) is 22.6 Å². The molecular weight excluding hydrogens is 447 g/mol. The van der Waals surface area contributed by atoms with E-state index in [0.29, 0.717) is 19.6 Å². The Morgan fingerprint density at radius 3 is 2.63 bits per heavy atom. The number of nitrogens with two attached hydrogens (primary N) is 1. The lowest BCUT2D eigenvalue weighted by molar-refractivity contribution is -0.126. The SMILES string of the molecule is NC(=O)N1CC(CCCCNC(=O)COCc2ccc(F)cc2)(CCc2c[nH]c3ccccc23)C1. The number of nitrogens with zero attached hydrogens (tertiary/aromatic N) is 1. The molecule has 1 aliphatic heterocycles. The number of carbonyl (C=O) groups excluding carboxylic acids is 2. The Morgan fingerprint density at radius 1 is 1.09 bits per heavy atom. The number of hydrogen-bond acceptors (Lipinski definition) is 3. The number of benzene rings is 2. The van der Waals surface area contributed by atoms with Crippen molar-refractivity contribution in [1.82, 2.24) is 15.2 Å². The van der Waals surface area contributed by atoms with Gasteiger partial charge in [0.1, 0.15) is 12.4 Å². The van der Waals surface area contributed by atoms with Crippen molar-refractivity contribution in [2.24, 2.45) is 11.1 Å². The smallest absolute Gasteiger partial charge is 0.314 e. The van der Waals surface area contributed by atoms with Gasteiger partial charge in [0.05, 0.1) is 6.61 Å². The standard InChI is InChI=1S/C27H33FN4O3/c28-22-9-7-20(8-10-22)16-35-17-25(33)30-14-4-3-12-27(18-32(19-27)26(29)34)13-11-21-15-31-24-6-2-1-5-23(21)24/h1-2,5-10,15,31H,3-4,11-14,16-19H2,(H2,29,34)(H,30,33). The summed E-state index contributed by atoms with van der Waals surface area (Å²) in [5.41, 5.74) is 8.81. The number of aryl methyl sites for hydroxylation is 1. The molecule has 3 aromatic rings. The van der Waals surface area contributed by atoms with Crippen molar-refractivity contribution in [3.8, 4) is 0 Å². The number of nitrogens with one attached hydrogen (secondary N) is 2. The first-order valence-corrected chi connectivity index (χ1v) is 12.1. The van der Waals surface area contributed by atoms with Crippen molar-refractivity contribution in [2.45, 2.75) is 38.7 Å². The molecule has 1 saturated heterocycles. The monoisotopic (exact) mass is 480 g/mol. The van der Waals surface area contributed by atoms with E-state index < -0.39 is 0 Å². The average Bonchev–Trinajstić information content (AvgIpc) is 3.24. The first-order valence-electron chi connectivity index (χ1n) is 12.1. The highest BCUT2D eigenvalue weighted by Gasteiger charge is 2.43. The van der Waals surface area contributed by atoms with Crippen LogP contribution in [0.1, 0.15) is 36.8 Å². The van der Waals surface area contributed by atoms with Crippen LogP contribution < -0.4 is 11.1 Å². The van der Waals surface area contributed by atoms with Crippen LogP contribution in [0.25, 0.3) is 10.9 Å². The number of likely N-dealkylation sites (tertiary alicyclic amines) is 1. The number of rotatable bonds is 12. The van der Waals surface area contributed by atoms with E-state index in [1.165, 1.54) is 23.1 Å². The van der Waals surface area contributed by atoms with Gasteiger partial charge in [-0.3, -0.25) is 4.79 Å². The number of carbonyl (C=O) groups is 2. The highest BCUT2D eigenvalue weighted by atomic mass is 19.1. The van der Waals surface area contributed by atoms with Gasteiger partial charge < -0.3 is 25.7 Å². The quantitative estimate of drug-likeness (QED) is 0.340. The third-order valence-corrected chi connectivity index (χ3v) is 6.83. The summed E-state index contributed by atoms with van der Waals surface area (Å²) in [6.45, 7) is 2.20. The van der Waals surface area contributed by atoms with Gasteiger partial charge in [-0.05, 0) is 55.0 Å². The molecule has 0 radical (unpaired) electrons. The first kappa shape index (κ1) is 24.7. The van der Waals surface area contributed by atoms with Gasteiger partial charge in [0.2, 0.25) is 5.91 Å². The lowest BCUT2D eigenvalue weighted by Gasteiger charge is -2.50. The molecule has 2 aromatic carbocycles. The number of para-hydroxylation sites is 1. The lowest BCUT2D eigenvalue weighted by Crippen LogP contribution is -2.60. The average molecular weight is 481 g/mol. The Balaban J connectivity index is 1.17. The number of H-pyrrole nitrogens is 1. The fourth-order valence-corrected chi connectivity index (χ4v) is 4.84. The van der Waals surface area contributed by atoms with Crippen molar-refractivity contribution in [3.05, 3.63) is 71.7 Å². The first-order chi connectivity index (χ1) is 16.9. The van der Waals surface area contributed by atoms with Gasteiger partial charge in [-0.2, -0.15) is 0 Å². The van der Waals surface area contributed by atoms with Crippen LogP contribution in [0.4, 0.5) is 9.18 Å². The number of fused-ring (bicyclic) bond motifs is 1. The van der Waals surface area contributed by atoms with Crippen LogP contribution >= 0.6 is 0 Å². The Labute approximate surface area is 204 Å². The second kappa shape index (κ2) is 11.4. The molecule has 2 heterocycles. The van der Waals surface area contributed by atoms with Crippen LogP contribution in [0.2, 0.25) is 0 Å². The van der Waals surface area contributed by atoms with Crippen molar-refractivity contribution >= 4 is 22.8 Å². The third-order valence-electron chi connectivity index (χ3n) is 6.83. The summed E-state index contributed by atoms with van der Waals surface area (Å²) in [6.07, 6.45) is 6.81. The topological polar surface area (TPSA) is 100 Å². The Kier molecular flexibility index (Phi) is 8.02. The molecule has 0 atom stereocenters. The zero-order valence-corrected chi connectivity index (χ0v) is 19.9. The van der Waals surface area contributed by atoms with Gasteiger partial charge >= 0.3 is 6.03 Å². The van der Waals surface area contributed by atoms with E-state index in [1.807, 2.05) is 6.07 Å². The number of urea groups is 1. The number of aromatic nitrogens is 1. The summed E-state index contributed by atoms with van der Waals surface area (Å²) in [6, 6.07) is 14.0. The number of halogens is 1. The zero-order chi connectivity index (χ0) is 24.7. The van der Waals surface area contributed by atoms with E-state index in [9.17, 15) is 14.0 Å². The molecule has 0 unspecified atom stereocenters. The van der Waals surface area contributed by atoms with Gasteiger partial charge in [-0.25, -0.2) is 9.18 Å². The van der Waals surface area contributed by atoms with E-state index in [-0.39, 0.29) is 36.4 Å². The summed E-state index contributed by atoms with van der Waals surface area (Å²) >= 11 is 0. The minimum Gasteiger partial charge on any atom is -0.367 e. The number of aromatic amines is 1. The molecule has 186 valence electrons. The maximum atomic E-state index is 12.9. The van der Waals surface area contributed by atoms with Crippen molar-refractivity contribution in [3.63, 3.8) is 0 Å². The molecule has 4 N–H and O–H groups in total. The Bertz CT molecular complexity index is 1140. The highest BCUT2D eigenvalue weighted by Crippen LogP contribution is 2.40. The number of primary amides is 1. The largest absolute Gasteiger partial charge is 0.367 e. The predicted molar refractivity (Wildman–Crippen MR) is 133 cm³/mol. The molecule has 0 aliphatic carbocycles. The molecule has 1 aromatic heterocycles. The molecule has 0 saturated carbocycles. The van der Waals surface area contributed by atoms with E-state index >= 15 is 0 Å². The van der Waals surface area contributed by atoms with Crippen LogP contribution in [0.3, 0.4) is 0 Å². The third kappa shape index (κ3) is 6.60. The minimum absolute atomic E-state index is 0.0283. The predicted octanol–water partition coefficient (Wildman–Crippen LogP) is 4.12. The Hall–Kier alpha value is -3.39.